The van der Waals surface area contributed by atoms with E-state index in [1.165, 1.54) is 11.6 Å². The van der Waals surface area contributed by atoms with E-state index < -0.39 is 11.8 Å². The topological polar surface area (TPSA) is 78.4 Å². The molecule has 1 N–H and O–H groups in total. The molecule has 2 aromatic heterocycles. The molecule has 31 heavy (non-hydrogen) atoms. The van der Waals surface area contributed by atoms with Gasteiger partial charge in [0.2, 0.25) is 0 Å². The molecule has 0 fully saturated rings. The highest BCUT2D eigenvalue weighted by atomic mass is 16.5. The van der Waals surface area contributed by atoms with Crippen molar-refractivity contribution >= 4 is 10.9 Å². The molecule has 0 saturated heterocycles. The molecule has 1 atom stereocenters. The van der Waals surface area contributed by atoms with Crippen LogP contribution >= 0.6 is 0 Å². The second kappa shape index (κ2) is 6.99. The lowest BCUT2D eigenvalue weighted by Crippen LogP contribution is -2.37. The van der Waals surface area contributed by atoms with Crippen molar-refractivity contribution in [1.29, 1.82) is 0 Å². The second-order valence-corrected chi connectivity index (χ2v) is 7.99. The van der Waals surface area contributed by atoms with Crippen molar-refractivity contribution in [3.8, 4) is 17.0 Å². The van der Waals surface area contributed by atoms with E-state index in [9.17, 15) is 14.7 Å². The maximum absolute atomic E-state index is 13.3. The molecule has 2 aromatic carbocycles. The molecule has 158 valence electrons. The first-order valence-corrected chi connectivity index (χ1v) is 10.2. The lowest BCUT2D eigenvalue weighted by atomic mass is 10.0. The Bertz CT molecular complexity index is 1440. The number of rotatable bonds is 2. The summed E-state index contributed by atoms with van der Waals surface area (Å²) in [6.07, 6.45) is -0.602. The summed E-state index contributed by atoms with van der Waals surface area (Å²) < 4.78 is 10.8. The number of hydrogen-bond acceptors (Lipinski definition) is 4. The third-order valence-corrected chi connectivity index (χ3v) is 6.10. The Kier molecular flexibility index (Phi) is 4.37. The van der Waals surface area contributed by atoms with Crippen LogP contribution in [0.1, 0.15) is 22.9 Å². The molecule has 0 amide bonds. The molecule has 0 bridgehead atoms. The smallest absolute Gasteiger partial charge is 0.331 e. The highest BCUT2D eigenvalue weighted by Crippen LogP contribution is 2.42. The highest BCUT2D eigenvalue weighted by molar-refractivity contribution is 5.96. The summed E-state index contributed by atoms with van der Waals surface area (Å²) in [7, 11) is 3.16. The number of benzene rings is 2. The fraction of sp³-hybridized carbons (Fsp3) is 0.250. The number of aryl methyl sites for hydroxylation is 2. The fourth-order valence-corrected chi connectivity index (χ4v) is 4.54. The third-order valence-electron chi connectivity index (χ3n) is 6.10. The lowest BCUT2D eigenvalue weighted by Gasteiger charge is -2.28. The minimum absolute atomic E-state index is 0.112. The Labute approximate surface area is 178 Å². The second-order valence-electron chi connectivity index (χ2n) is 7.99. The van der Waals surface area contributed by atoms with Crippen molar-refractivity contribution in [2.24, 2.45) is 14.1 Å². The molecule has 0 spiro atoms. The molecule has 5 rings (SSSR count). The molecule has 0 radical (unpaired) electrons. The van der Waals surface area contributed by atoms with Gasteiger partial charge in [-0.1, -0.05) is 48.0 Å². The first-order chi connectivity index (χ1) is 14.9. The monoisotopic (exact) mass is 417 g/mol. The van der Waals surface area contributed by atoms with Gasteiger partial charge in [0, 0.05) is 26.2 Å². The number of aromatic hydroxyl groups is 1. The van der Waals surface area contributed by atoms with Gasteiger partial charge in [0.15, 0.2) is 0 Å². The summed E-state index contributed by atoms with van der Waals surface area (Å²) in [6.45, 7) is 2.97. The zero-order chi connectivity index (χ0) is 21.9. The first kappa shape index (κ1) is 19.4. The van der Waals surface area contributed by atoms with Gasteiger partial charge in [-0.05, 0) is 18.6 Å². The number of hydrogen-bond donors (Lipinski definition) is 1. The van der Waals surface area contributed by atoms with Gasteiger partial charge in [0.25, 0.3) is 5.56 Å². The van der Waals surface area contributed by atoms with Crippen molar-refractivity contribution in [1.82, 2.24) is 13.7 Å². The van der Waals surface area contributed by atoms with Crippen LogP contribution in [0.4, 0.5) is 0 Å². The molecular formula is C24H23N3O4. The molecule has 4 aromatic rings. The average molecular weight is 417 g/mol. The molecule has 1 aliphatic rings. The lowest BCUT2D eigenvalue weighted by molar-refractivity contribution is 0.0464. The van der Waals surface area contributed by atoms with E-state index in [4.69, 9.17) is 4.74 Å². The SMILES string of the molecule is Cc1ccc(-c2c3c(=O)n(C)c(=O)n(C)c3c3n2CCO[C@H]3c2ccccc2O)cc1. The van der Waals surface area contributed by atoms with Gasteiger partial charge in [-0.15, -0.1) is 0 Å². The van der Waals surface area contributed by atoms with Crippen LogP contribution in [0, 0.1) is 6.92 Å². The van der Waals surface area contributed by atoms with Gasteiger partial charge in [-0.2, -0.15) is 0 Å². The van der Waals surface area contributed by atoms with E-state index in [2.05, 4.69) is 4.57 Å². The van der Waals surface area contributed by atoms with Crippen molar-refractivity contribution in [2.45, 2.75) is 19.6 Å². The highest BCUT2D eigenvalue weighted by Gasteiger charge is 2.34. The Morgan fingerprint density at radius 3 is 2.42 bits per heavy atom. The Hall–Kier alpha value is -3.58. The van der Waals surface area contributed by atoms with Crippen molar-refractivity contribution < 1.29 is 9.84 Å². The zero-order valence-corrected chi connectivity index (χ0v) is 17.6. The quantitative estimate of drug-likeness (QED) is 0.544. The number of nitrogens with zero attached hydrogens (tertiary/aromatic N) is 3. The zero-order valence-electron chi connectivity index (χ0n) is 17.6. The molecule has 7 nitrogen and oxygen atoms in total. The predicted octanol–water partition coefficient (Wildman–Crippen LogP) is 2.84. The van der Waals surface area contributed by atoms with Gasteiger partial charge in [-0.25, -0.2) is 4.79 Å². The minimum atomic E-state index is -0.602. The van der Waals surface area contributed by atoms with Crippen LogP contribution in [-0.2, 0) is 25.4 Å². The summed E-state index contributed by atoms with van der Waals surface area (Å²) in [5, 5.41) is 11.0. The van der Waals surface area contributed by atoms with E-state index in [0.717, 1.165) is 21.4 Å². The molecule has 1 aliphatic heterocycles. The van der Waals surface area contributed by atoms with Crippen LogP contribution in [0.15, 0.2) is 58.1 Å². The number of ether oxygens (including phenoxy) is 1. The Morgan fingerprint density at radius 1 is 1.00 bits per heavy atom. The number of fused-ring (bicyclic) bond motifs is 3. The molecule has 3 heterocycles. The van der Waals surface area contributed by atoms with Gasteiger partial charge >= 0.3 is 5.69 Å². The van der Waals surface area contributed by atoms with Crippen LogP contribution in [0.5, 0.6) is 5.75 Å². The number of aromatic nitrogens is 3. The number of phenols is 1. The average Bonchev–Trinajstić information content (AvgIpc) is 3.13. The van der Waals surface area contributed by atoms with Gasteiger partial charge < -0.3 is 14.4 Å². The van der Waals surface area contributed by atoms with Crippen LogP contribution in [0.2, 0.25) is 0 Å². The van der Waals surface area contributed by atoms with Crippen molar-refractivity contribution in [3.05, 3.63) is 86.2 Å². The standard InChI is InChI=1S/C24H23N3O4/c1-14-8-10-15(11-9-14)19-18-20(25(2)24(30)26(3)23(18)29)21-22(31-13-12-27(19)21)16-6-4-5-7-17(16)28/h4-11,22,28H,12-13H2,1-3H3/t22-/m0/s1. The summed E-state index contributed by atoms with van der Waals surface area (Å²) in [6, 6.07) is 15.0. The fourth-order valence-electron chi connectivity index (χ4n) is 4.54. The number of para-hydroxylation sites is 1. The molecule has 0 saturated carbocycles. The predicted molar refractivity (Wildman–Crippen MR) is 118 cm³/mol. The van der Waals surface area contributed by atoms with Gasteiger partial charge in [0.1, 0.15) is 11.9 Å². The van der Waals surface area contributed by atoms with E-state index in [0.29, 0.717) is 35.3 Å². The summed E-state index contributed by atoms with van der Waals surface area (Å²) in [5.41, 5.74) is 3.89. The molecule has 7 heteroatoms. The summed E-state index contributed by atoms with van der Waals surface area (Å²) in [4.78, 5) is 26.2. The largest absolute Gasteiger partial charge is 0.508 e. The van der Waals surface area contributed by atoms with E-state index in [1.807, 2.05) is 37.3 Å². The van der Waals surface area contributed by atoms with Crippen LogP contribution in [0.25, 0.3) is 22.2 Å². The molecule has 0 unspecified atom stereocenters. The normalized spacial score (nSPS) is 15.9. The van der Waals surface area contributed by atoms with Crippen LogP contribution in [-0.4, -0.2) is 25.4 Å². The third kappa shape index (κ3) is 2.77. The molecular weight excluding hydrogens is 394 g/mol. The Balaban J connectivity index is 1.96. The van der Waals surface area contributed by atoms with Crippen molar-refractivity contribution in [2.75, 3.05) is 6.61 Å². The van der Waals surface area contributed by atoms with Crippen LogP contribution in [0.3, 0.4) is 0 Å². The maximum Gasteiger partial charge on any atom is 0.331 e. The van der Waals surface area contributed by atoms with Gasteiger partial charge in [-0.3, -0.25) is 13.9 Å². The first-order valence-electron chi connectivity index (χ1n) is 10.2. The molecule has 0 aliphatic carbocycles. The summed E-state index contributed by atoms with van der Waals surface area (Å²) in [5.74, 6) is 0.112. The minimum Gasteiger partial charge on any atom is -0.508 e. The van der Waals surface area contributed by atoms with Crippen LogP contribution < -0.4 is 11.2 Å². The number of phenolic OH excluding ortho intramolecular Hbond substituents is 1. The Morgan fingerprint density at radius 2 is 1.71 bits per heavy atom. The van der Waals surface area contributed by atoms with Crippen molar-refractivity contribution in [3.63, 3.8) is 0 Å². The maximum atomic E-state index is 13.3. The van der Waals surface area contributed by atoms with E-state index in [1.54, 1.807) is 25.2 Å². The van der Waals surface area contributed by atoms with Gasteiger partial charge in [0.05, 0.1) is 28.9 Å². The van der Waals surface area contributed by atoms with E-state index >= 15 is 0 Å². The summed E-state index contributed by atoms with van der Waals surface area (Å²) >= 11 is 0. The van der Waals surface area contributed by atoms with E-state index in [-0.39, 0.29) is 11.3 Å².